The summed E-state index contributed by atoms with van der Waals surface area (Å²) in [6.07, 6.45) is 1.51. The monoisotopic (exact) mass is 188 g/mol. The molecule has 0 bridgehead atoms. The van der Waals surface area contributed by atoms with Gasteiger partial charge >= 0.3 is 0 Å². The van der Waals surface area contributed by atoms with Crippen LogP contribution >= 0.6 is 0 Å². The van der Waals surface area contributed by atoms with Gasteiger partial charge in [-0.05, 0) is 27.7 Å². The second-order valence-electron chi connectivity index (χ2n) is 3.49. The Bertz CT molecular complexity index is 113. The van der Waals surface area contributed by atoms with Gasteiger partial charge in [0.25, 0.3) is 0 Å². The lowest BCUT2D eigenvalue weighted by atomic mass is 10.2. The van der Waals surface area contributed by atoms with Gasteiger partial charge in [0.2, 0.25) is 0 Å². The van der Waals surface area contributed by atoms with Crippen molar-refractivity contribution in [3.8, 4) is 0 Å². The fourth-order valence-electron chi connectivity index (χ4n) is 2.14. The quantitative estimate of drug-likeness (QED) is 0.441. The molecule has 0 saturated heterocycles. The number of hydrogen-bond acceptors (Lipinski definition) is 1. The fraction of sp³-hybridized carbons (Fsp3) is 1.00. The van der Waals surface area contributed by atoms with E-state index >= 15 is 0 Å². The molecule has 0 heterocycles. The van der Waals surface area contributed by atoms with E-state index in [9.17, 15) is 0 Å². The van der Waals surface area contributed by atoms with Crippen molar-refractivity contribution in [2.24, 2.45) is 0 Å². The van der Waals surface area contributed by atoms with Crippen LogP contribution in [-0.2, 0) is 4.74 Å². The minimum Gasteiger partial charge on any atom is -0.329 e. The van der Waals surface area contributed by atoms with E-state index in [4.69, 9.17) is 4.74 Å². The van der Waals surface area contributed by atoms with Crippen LogP contribution in [0.5, 0.6) is 0 Å². The number of nitrogens with zero attached hydrogens (tertiary/aromatic N) is 1. The fourth-order valence-corrected chi connectivity index (χ4v) is 2.14. The molecule has 0 aromatic heterocycles. The second kappa shape index (κ2) is 6.39. The molecule has 0 aromatic carbocycles. The van der Waals surface area contributed by atoms with Crippen molar-refractivity contribution >= 4 is 0 Å². The summed E-state index contributed by atoms with van der Waals surface area (Å²) in [6, 6.07) is 0. The first-order chi connectivity index (χ1) is 6.20. The largest absolute Gasteiger partial charge is 0.329 e. The molecule has 0 amide bonds. The molecule has 0 aliphatic heterocycles. The Kier molecular flexibility index (Phi) is 6.35. The Labute approximate surface area is 83.5 Å². The zero-order chi connectivity index (χ0) is 10.3. The van der Waals surface area contributed by atoms with Crippen molar-refractivity contribution in [3.63, 3.8) is 0 Å². The summed E-state index contributed by atoms with van der Waals surface area (Å²) in [5.74, 6) is 0. The van der Waals surface area contributed by atoms with E-state index in [2.05, 4.69) is 34.6 Å². The Morgan fingerprint density at radius 1 is 0.923 bits per heavy atom. The molecular weight excluding hydrogens is 162 g/mol. The van der Waals surface area contributed by atoms with E-state index in [-0.39, 0.29) is 0 Å². The third kappa shape index (κ3) is 2.96. The second-order valence-corrected chi connectivity index (χ2v) is 3.49. The zero-order valence-electron chi connectivity index (χ0n) is 9.97. The molecule has 0 radical (unpaired) electrons. The maximum Gasteiger partial charge on any atom is 0.192 e. The first kappa shape index (κ1) is 12.9. The highest BCUT2D eigenvalue weighted by Crippen LogP contribution is 2.17. The topological polar surface area (TPSA) is 9.23 Å². The van der Waals surface area contributed by atoms with Crippen molar-refractivity contribution < 1.29 is 9.22 Å². The zero-order valence-corrected chi connectivity index (χ0v) is 9.97. The summed E-state index contributed by atoms with van der Waals surface area (Å²) >= 11 is 0. The van der Waals surface area contributed by atoms with Crippen molar-refractivity contribution in [3.05, 3.63) is 0 Å². The molecule has 80 valence electrons. The van der Waals surface area contributed by atoms with Crippen LogP contribution in [0.2, 0.25) is 0 Å². The van der Waals surface area contributed by atoms with Gasteiger partial charge in [0.1, 0.15) is 0 Å². The summed E-state index contributed by atoms with van der Waals surface area (Å²) in [7, 11) is 0. The highest BCUT2D eigenvalue weighted by atomic mass is 16.5. The molecular formula is C11H26NO+. The molecule has 0 aromatic rings. The van der Waals surface area contributed by atoms with Crippen LogP contribution in [-0.4, -0.2) is 37.0 Å². The van der Waals surface area contributed by atoms with Gasteiger partial charge in [-0.25, -0.2) is 0 Å². The van der Waals surface area contributed by atoms with Gasteiger partial charge in [0.05, 0.1) is 26.2 Å². The Balaban J connectivity index is 4.45. The Morgan fingerprint density at radius 2 is 1.38 bits per heavy atom. The SMILES string of the molecule is CCOC(CC)[N+](CC)(CC)CC. The van der Waals surface area contributed by atoms with Crippen LogP contribution in [0.25, 0.3) is 0 Å². The number of rotatable bonds is 7. The lowest BCUT2D eigenvalue weighted by molar-refractivity contribution is -0.967. The van der Waals surface area contributed by atoms with Gasteiger partial charge < -0.3 is 4.74 Å². The summed E-state index contributed by atoms with van der Waals surface area (Å²) in [6.45, 7) is 15.4. The van der Waals surface area contributed by atoms with Crippen LogP contribution in [0.1, 0.15) is 41.0 Å². The molecule has 0 spiro atoms. The van der Waals surface area contributed by atoms with E-state index in [0.29, 0.717) is 6.23 Å². The van der Waals surface area contributed by atoms with Gasteiger partial charge in [-0.15, -0.1) is 0 Å². The van der Waals surface area contributed by atoms with Gasteiger partial charge in [-0.1, -0.05) is 6.92 Å². The van der Waals surface area contributed by atoms with Gasteiger partial charge in [-0.2, -0.15) is 0 Å². The normalized spacial score (nSPS) is 14.5. The van der Waals surface area contributed by atoms with Crippen molar-refractivity contribution in [1.82, 2.24) is 0 Å². The molecule has 0 saturated carbocycles. The number of hydrogen-bond donors (Lipinski definition) is 0. The van der Waals surface area contributed by atoms with Gasteiger partial charge in [-0.3, -0.25) is 4.48 Å². The van der Waals surface area contributed by atoms with E-state index in [0.717, 1.165) is 17.5 Å². The smallest absolute Gasteiger partial charge is 0.192 e. The van der Waals surface area contributed by atoms with Crippen LogP contribution in [0, 0.1) is 0 Å². The first-order valence-electron chi connectivity index (χ1n) is 5.68. The molecule has 13 heavy (non-hydrogen) atoms. The molecule has 2 heteroatoms. The maximum absolute atomic E-state index is 5.80. The standard InChI is InChI=1S/C11H26NO/c1-6-11(13-10-5)12(7-2,8-3)9-4/h11H,6-10H2,1-5H3/q+1. The molecule has 1 atom stereocenters. The molecule has 0 fully saturated rings. The molecule has 1 unspecified atom stereocenters. The lowest BCUT2D eigenvalue weighted by Crippen LogP contribution is -2.56. The molecule has 0 rings (SSSR count). The van der Waals surface area contributed by atoms with E-state index in [1.807, 2.05) is 0 Å². The van der Waals surface area contributed by atoms with E-state index in [1.165, 1.54) is 19.6 Å². The number of quaternary nitrogens is 1. The maximum atomic E-state index is 5.80. The molecule has 2 nitrogen and oxygen atoms in total. The predicted molar refractivity (Wildman–Crippen MR) is 57.6 cm³/mol. The van der Waals surface area contributed by atoms with Crippen molar-refractivity contribution in [1.29, 1.82) is 0 Å². The summed E-state index contributed by atoms with van der Waals surface area (Å²) in [4.78, 5) is 0. The highest BCUT2D eigenvalue weighted by Gasteiger charge is 2.31. The van der Waals surface area contributed by atoms with Crippen LogP contribution < -0.4 is 0 Å². The van der Waals surface area contributed by atoms with Crippen molar-refractivity contribution in [2.75, 3.05) is 26.2 Å². The van der Waals surface area contributed by atoms with Crippen LogP contribution in [0.3, 0.4) is 0 Å². The summed E-state index contributed by atoms with van der Waals surface area (Å²) < 4.78 is 6.90. The molecule has 0 aliphatic rings. The van der Waals surface area contributed by atoms with E-state index < -0.39 is 0 Å². The van der Waals surface area contributed by atoms with Gasteiger partial charge in [0.15, 0.2) is 6.23 Å². The average molecular weight is 188 g/mol. The van der Waals surface area contributed by atoms with Crippen LogP contribution in [0.15, 0.2) is 0 Å². The third-order valence-corrected chi connectivity index (χ3v) is 3.21. The summed E-state index contributed by atoms with van der Waals surface area (Å²) in [5.41, 5.74) is 0. The number of ether oxygens (including phenoxy) is 1. The average Bonchev–Trinajstić information content (AvgIpc) is 2.19. The first-order valence-corrected chi connectivity index (χ1v) is 5.68. The minimum absolute atomic E-state index is 0.394. The lowest BCUT2D eigenvalue weighted by Gasteiger charge is -2.41. The minimum atomic E-state index is 0.394. The Morgan fingerprint density at radius 3 is 1.62 bits per heavy atom. The predicted octanol–water partition coefficient (Wildman–Crippen LogP) is 2.64. The Hall–Kier alpha value is -0.0800. The van der Waals surface area contributed by atoms with Crippen molar-refractivity contribution in [2.45, 2.75) is 47.3 Å². The third-order valence-electron chi connectivity index (χ3n) is 3.21. The van der Waals surface area contributed by atoms with Crippen LogP contribution in [0.4, 0.5) is 0 Å². The molecule has 0 aliphatic carbocycles. The summed E-state index contributed by atoms with van der Waals surface area (Å²) in [5, 5.41) is 0. The molecule has 0 N–H and O–H groups in total. The van der Waals surface area contributed by atoms with Gasteiger partial charge in [0, 0.05) is 6.42 Å². The highest BCUT2D eigenvalue weighted by molar-refractivity contribution is 4.45. The van der Waals surface area contributed by atoms with E-state index in [1.54, 1.807) is 0 Å².